The summed E-state index contributed by atoms with van der Waals surface area (Å²) in [5.41, 5.74) is 2.04. The van der Waals surface area contributed by atoms with Gasteiger partial charge in [-0.25, -0.2) is 18.4 Å². The van der Waals surface area contributed by atoms with Crippen LogP contribution in [0, 0.1) is 0 Å². The van der Waals surface area contributed by atoms with Gasteiger partial charge in [-0.3, -0.25) is 4.72 Å². The Morgan fingerprint density at radius 2 is 1.90 bits per heavy atom. The molecule has 0 fully saturated rings. The third kappa shape index (κ3) is 3.77. The van der Waals surface area contributed by atoms with E-state index in [9.17, 15) is 8.42 Å². The third-order valence-electron chi connectivity index (χ3n) is 3.00. The molecule has 0 amide bonds. The maximum Gasteiger partial charge on any atom is 0.262 e. The third-order valence-corrected chi connectivity index (χ3v) is 4.46. The number of rotatable bonds is 6. The van der Waals surface area contributed by atoms with Crippen molar-refractivity contribution in [1.29, 1.82) is 0 Å². The first-order valence-electron chi connectivity index (χ1n) is 6.61. The molecule has 6 nitrogen and oxygen atoms in total. The van der Waals surface area contributed by atoms with Gasteiger partial charge in [0.05, 0.1) is 23.0 Å². The molecule has 2 N–H and O–H groups in total. The van der Waals surface area contributed by atoms with Crippen LogP contribution >= 0.6 is 0 Å². The highest BCUT2D eigenvalue weighted by molar-refractivity contribution is 7.92. The van der Waals surface area contributed by atoms with E-state index in [-0.39, 0.29) is 0 Å². The fourth-order valence-corrected chi connectivity index (χ4v) is 3.41. The minimum atomic E-state index is -3.65. The van der Waals surface area contributed by atoms with Crippen LogP contribution < -0.4 is 10.0 Å². The maximum atomic E-state index is 12.6. The summed E-state index contributed by atoms with van der Waals surface area (Å²) < 4.78 is 27.6. The van der Waals surface area contributed by atoms with Gasteiger partial charge >= 0.3 is 0 Å². The molecule has 0 aliphatic heterocycles. The van der Waals surface area contributed by atoms with Crippen LogP contribution in [0.25, 0.3) is 0 Å². The molecule has 0 atom stereocenters. The Balaban J connectivity index is 2.40. The first-order chi connectivity index (χ1) is 10.1. The Kier molecular flexibility index (Phi) is 4.87. The second-order valence-corrected chi connectivity index (χ2v) is 6.21. The fourth-order valence-electron chi connectivity index (χ4n) is 2.02. The summed E-state index contributed by atoms with van der Waals surface area (Å²) in [7, 11) is -1.83. The summed E-state index contributed by atoms with van der Waals surface area (Å²) in [5, 5.41) is 3.01. The van der Waals surface area contributed by atoms with Crippen LogP contribution in [0.4, 0.5) is 5.69 Å². The monoisotopic (exact) mass is 306 g/mol. The molecule has 0 unspecified atom stereocenters. The summed E-state index contributed by atoms with van der Waals surface area (Å²) in [6, 6.07) is 5.48. The Morgan fingerprint density at radius 3 is 2.52 bits per heavy atom. The summed E-state index contributed by atoms with van der Waals surface area (Å²) >= 11 is 0. The summed E-state index contributed by atoms with van der Waals surface area (Å²) in [5.74, 6) is 0. The largest absolute Gasteiger partial charge is 0.316 e. The number of anilines is 1. The van der Waals surface area contributed by atoms with Gasteiger partial charge in [-0.05, 0) is 30.7 Å². The molecule has 0 spiro atoms. The van der Waals surface area contributed by atoms with Gasteiger partial charge in [-0.2, -0.15) is 0 Å². The van der Waals surface area contributed by atoms with Crippen molar-refractivity contribution in [3.63, 3.8) is 0 Å². The summed E-state index contributed by atoms with van der Waals surface area (Å²) in [4.78, 5) is 7.90. The number of benzene rings is 1. The van der Waals surface area contributed by atoms with Gasteiger partial charge in [0.1, 0.15) is 6.33 Å². The van der Waals surface area contributed by atoms with Crippen LogP contribution in [0.1, 0.15) is 18.1 Å². The van der Waals surface area contributed by atoms with E-state index in [4.69, 9.17) is 0 Å². The predicted molar refractivity (Wildman–Crippen MR) is 81.4 cm³/mol. The molecular weight excluding hydrogens is 288 g/mol. The number of nitrogens with zero attached hydrogens (tertiary/aromatic N) is 2. The molecule has 2 aromatic rings. The van der Waals surface area contributed by atoms with Crippen molar-refractivity contribution in [1.82, 2.24) is 15.3 Å². The smallest absolute Gasteiger partial charge is 0.262 e. The number of sulfonamides is 1. The maximum absolute atomic E-state index is 12.6. The number of hydrogen-bond donors (Lipinski definition) is 2. The van der Waals surface area contributed by atoms with Gasteiger partial charge in [-0.1, -0.05) is 19.1 Å². The van der Waals surface area contributed by atoms with Crippen molar-refractivity contribution in [2.45, 2.75) is 24.8 Å². The molecule has 7 heteroatoms. The quantitative estimate of drug-likeness (QED) is 0.846. The van der Waals surface area contributed by atoms with E-state index in [0.717, 1.165) is 11.1 Å². The Bertz CT molecular complexity index is 702. The van der Waals surface area contributed by atoms with Crippen LogP contribution in [-0.4, -0.2) is 25.4 Å². The van der Waals surface area contributed by atoms with Crippen molar-refractivity contribution in [2.24, 2.45) is 0 Å². The lowest BCUT2D eigenvalue weighted by molar-refractivity contribution is 0.600. The van der Waals surface area contributed by atoms with Crippen LogP contribution in [0.15, 0.2) is 41.8 Å². The van der Waals surface area contributed by atoms with Crippen molar-refractivity contribution in [3.05, 3.63) is 48.0 Å². The van der Waals surface area contributed by atoms with Gasteiger partial charge in [0, 0.05) is 6.54 Å². The Labute approximate surface area is 124 Å². The van der Waals surface area contributed by atoms with E-state index in [1.807, 2.05) is 26.1 Å². The van der Waals surface area contributed by atoms with Gasteiger partial charge in [-0.15, -0.1) is 0 Å². The van der Waals surface area contributed by atoms with Crippen molar-refractivity contribution in [2.75, 3.05) is 11.8 Å². The van der Waals surface area contributed by atoms with Gasteiger partial charge in [0.25, 0.3) is 10.0 Å². The standard InChI is InChI=1S/C14H18N4O2S/c1-3-12-5-4-11(7-15-2)6-14(12)21(19,20)18-13-8-16-10-17-9-13/h4-6,8-10,15,18H,3,7H2,1-2H3. The lowest BCUT2D eigenvalue weighted by Crippen LogP contribution is -2.16. The molecule has 2 rings (SSSR count). The normalized spacial score (nSPS) is 11.3. The number of aryl methyl sites for hydroxylation is 1. The van der Waals surface area contributed by atoms with E-state index in [1.54, 1.807) is 6.07 Å². The second kappa shape index (κ2) is 6.64. The molecule has 0 aliphatic rings. The van der Waals surface area contributed by atoms with Gasteiger partial charge < -0.3 is 5.32 Å². The van der Waals surface area contributed by atoms with Crippen LogP contribution in [0.3, 0.4) is 0 Å². The molecule has 112 valence electrons. The molecule has 1 aromatic carbocycles. The molecule has 0 aliphatic carbocycles. The van der Waals surface area contributed by atoms with Crippen LogP contribution in [-0.2, 0) is 23.0 Å². The van der Waals surface area contributed by atoms with E-state index in [0.29, 0.717) is 23.5 Å². The van der Waals surface area contributed by atoms with Crippen molar-refractivity contribution in [3.8, 4) is 0 Å². The van der Waals surface area contributed by atoms with Crippen LogP contribution in [0.2, 0.25) is 0 Å². The second-order valence-electron chi connectivity index (χ2n) is 4.56. The average Bonchev–Trinajstić information content (AvgIpc) is 2.48. The first-order valence-corrected chi connectivity index (χ1v) is 8.09. The molecule has 21 heavy (non-hydrogen) atoms. The van der Waals surface area contributed by atoms with Gasteiger partial charge in [0.2, 0.25) is 0 Å². The highest BCUT2D eigenvalue weighted by atomic mass is 32.2. The summed E-state index contributed by atoms with van der Waals surface area (Å²) in [6.45, 7) is 2.54. The highest BCUT2D eigenvalue weighted by Gasteiger charge is 2.18. The zero-order valence-electron chi connectivity index (χ0n) is 12.0. The Morgan fingerprint density at radius 1 is 1.19 bits per heavy atom. The molecule has 0 radical (unpaired) electrons. The van der Waals surface area contributed by atoms with Gasteiger partial charge in [0.15, 0.2) is 0 Å². The topological polar surface area (TPSA) is 84.0 Å². The number of nitrogens with one attached hydrogen (secondary N) is 2. The molecule has 0 bridgehead atoms. The predicted octanol–water partition coefficient (Wildman–Crippen LogP) is 1.56. The van der Waals surface area contributed by atoms with Crippen molar-refractivity contribution < 1.29 is 8.42 Å². The molecule has 0 saturated carbocycles. The lowest BCUT2D eigenvalue weighted by Gasteiger charge is -2.12. The minimum absolute atomic E-state index is 0.293. The molecule has 1 heterocycles. The Hall–Kier alpha value is -1.99. The molecule has 0 saturated heterocycles. The van der Waals surface area contributed by atoms with E-state index < -0.39 is 10.0 Å². The number of aromatic nitrogens is 2. The minimum Gasteiger partial charge on any atom is -0.316 e. The SMILES string of the molecule is CCc1ccc(CNC)cc1S(=O)(=O)Nc1cncnc1. The zero-order valence-corrected chi connectivity index (χ0v) is 12.8. The molecular formula is C14H18N4O2S. The van der Waals surface area contributed by atoms with E-state index in [2.05, 4.69) is 20.0 Å². The zero-order chi connectivity index (χ0) is 15.3. The number of hydrogen-bond acceptors (Lipinski definition) is 5. The summed E-state index contributed by atoms with van der Waals surface area (Å²) in [6.07, 6.45) is 4.84. The average molecular weight is 306 g/mol. The van der Waals surface area contributed by atoms with Crippen molar-refractivity contribution >= 4 is 15.7 Å². The molecule has 1 aromatic heterocycles. The van der Waals surface area contributed by atoms with E-state index in [1.165, 1.54) is 18.7 Å². The fraction of sp³-hybridized carbons (Fsp3) is 0.286. The first kappa shape index (κ1) is 15.4. The van der Waals surface area contributed by atoms with Crippen LogP contribution in [0.5, 0.6) is 0 Å². The highest BCUT2D eigenvalue weighted by Crippen LogP contribution is 2.21. The van der Waals surface area contributed by atoms with E-state index >= 15 is 0 Å². The lowest BCUT2D eigenvalue weighted by atomic mass is 10.1.